The zero-order valence-corrected chi connectivity index (χ0v) is 15.3. The molecule has 0 aromatic heterocycles. The molecule has 0 atom stereocenters. The van der Waals surface area contributed by atoms with Gasteiger partial charge in [0.05, 0.1) is 19.3 Å². The third-order valence-electron chi connectivity index (χ3n) is 4.78. The number of piperidine rings is 1. The first kappa shape index (κ1) is 20.8. The number of halogens is 2. The maximum Gasteiger partial charge on any atom is 0.290 e. The fourth-order valence-corrected chi connectivity index (χ4v) is 3.42. The molecule has 27 heavy (non-hydrogen) atoms. The van der Waals surface area contributed by atoms with E-state index in [1.165, 1.54) is 23.6 Å². The molecule has 0 radical (unpaired) electrons. The quantitative estimate of drug-likeness (QED) is 0.628. The highest BCUT2D eigenvalue weighted by Gasteiger charge is 2.38. The Balaban J connectivity index is 0.000000817. The Morgan fingerprint density at radius 3 is 2.52 bits per heavy atom. The SMILES string of the molecule is COc1ccc(F)c(F)c1C(=O)N1CCC2(C=C(C)CCO2)CC1.O=CO. The summed E-state index contributed by atoms with van der Waals surface area (Å²) in [5.74, 6) is -2.72. The number of hydrogen-bond acceptors (Lipinski definition) is 4. The number of rotatable bonds is 2. The monoisotopic (exact) mass is 383 g/mol. The van der Waals surface area contributed by atoms with E-state index in [-0.39, 0.29) is 23.4 Å². The highest BCUT2D eigenvalue weighted by Crippen LogP contribution is 2.34. The molecule has 0 aliphatic carbocycles. The Labute approximate surface area is 156 Å². The lowest BCUT2D eigenvalue weighted by molar-refractivity contribution is -0.122. The molecule has 3 rings (SSSR count). The van der Waals surface area contributed by atoms with Crippen LogP contribution in [-0.4, -0.2) is 54.8 Å². The van der Waals surface area contributed by atoms with Crippen molar-refractivity contribution < 1.29 is 33.0 Å². The summed E-state index contributed by atoms with van der Waals surface area (Å²) in [4.78, 5) is 22.6. The number of ether oxygens (including phenoxy) is 2. The summed E-state index contributed by atoms with van der Waals surface area (Å²) in [5.41, 5.74) is 0.618. The van der Waals surface area contributed by atoms with Gasteiger partial charge in [0.15, 0.2) is 11.6 Å². The fraction of sp³-hybridized carbons (Fsp3) is 0.474. The third kappa shape index (κ3) is 4.63. The smallest absolute Gasteiger partial charge is 0.290 e. The molecule has 2 aliphatic rings. The molecule has 0 unspecified atom stereocenters. The van der Waals surface area contributed by atoms with Crippen molar-refractivity contribution in [2.75, 3.05) is 26.8 Å². The molecule has 2 aliphatic heterocycles. The van der Waals surface area contributed by atoms with Crippen LogP contribution >= 0.6 is 0 Å². The van der Waals surface area contributed by atoms with Gasteiger partial charge in [-0.1, -0.05) is 11.6 Å². The number of methoxy groups -OCH3 is 1. The minimum atomic E-state index is -1.16. The van der Waals surface area contributed by atoms with Crippen LogP contribution < -0.4 is 4.74 Å². The lowest BCUT2D eigenvalue weighted by Crippen LogP contribution is -2.48. The summed E-state index contributed by atoms with van der Waals surface area (Å²) in [6.45, 7) is 3.38. The number of carbonyl (C=O) groups is 2. The van der Waals surface area contributed by atoms with Crippen LogP contribution in [-0.2, 0) is 9.53 Å². The van der Waals surface area contributed by atoms with Crippen LogP contribution in [0.5, 0.6) is 5.75 Å². The number of amides is 1. The lowest BCUT2D eigenvalue weighted by atomic mass is 9.86. The second-order valence-electron chi connectivity index (χ2n) is 6.49. The van der Waals surface area contributed by atoms with Gasteiger partial charge >= 0.3 is 0 Å². The Bertz CT molecular complexity index is 727. The van der Waals surface area contributed by atoms with Crippen molar-refractivity contribution >= 4 is 12.4 Å². The fourth-order valence-electron chi connectivity index (χ4n) is 3.42. The summed E-state index contributed by atoms with van der Waals surface area (Å²) in [6, 6.07) is 2.23. The van der Waals surface area contributed by atoms with Crippen LogP contribution in [0.3, 0.4) is 0 Å². The standard InChI is InChI=1S/C18H21F2NO3.CH2O2/c1-12-5-10-24-18(11-12)6-8-21(9-7-18)17(22)15-14(23-2)4-3-13(19)16(15)20;2-1-3/h3-4,11H,5-10H2,1-2H3;1H,(H,2,3). The largest absolute Gasteiger partial charge is 0.496 e. The van der Waals surface area contributed by atoms with Gasteiger partial charge in [0.25, 0.3) is 12.4 Å². The maximum absolute atomic E-state index is 14.1. The molecule has 1 fully saturated rings. The first-order valence-corrected chi connectivity index (χ1v) is 8.59. The first-order valence-electron chi connectivity index (χ1n) is 8.59. The highest BCUT2D eigenvalue weighted by atomic mass is 19.2. The summed E-state index contributed by atoms with van der Waals surface area (Å²) >= 11 is 0. The summed E-state index contributed by atoms with van der Waals surface area (Å²) in [6.07, 6.45) is 4.36. The van der Waals surface area contributed by atoms with Crippen molar-refractivity contribution in [3.05, 3.63) is 41.0 Å². The van der Waals surface area contributed by atoms with Crippen LogP contribution in [0.4, 0.5) is 8.78 Å². The minimum absolute atomic E-state index is 0.0452. The Morgan fingerprint density at radius 1 is 1.33 bits per heavy atom. The van der Waals surface area contributed by atoms with Crippen molar-refractivity contribution in [3.8, 4) is 5.75 Å². The molecule has 2 heterocycles. The van der Waals surface area contributed by atoms with Gasteiger partial charge in [0, 0.05) is 13.1 Å². The van der Waals surface area contributed by atoms with E-state index in [9.17, 15) is 13.6 Å². The molecular formula is C19H23F2NO5. The zero-order chi connectivity index (χ0) is 20.0. The Morgan fingerprint density at radius 2 is 1.96 bits per heavy atom. The molecular weight excluding hydrogens is 360 g/mol. The van der Waals surface area contributed by atoms with Crippen LogP contribution in [0.2, 0.25) is 0 Å². The number of likely N-dealkylation sites (tertiary alicyclic amines) is 1. The van der Waals surface area contributed by atoms with Crippen molar-refractivity contribution in [1.29, 1.82) is 0 Å². The summed E-state index contributed by atoms with van der Waals surface area (Å²) in [7, 11) is 1.33. The highest BCUT2D eigenvalue weighted by molar-refractivity contribution is 5.97. The molecule has 1 N–H and O–H groups in total. The number of benzene rings is 1. The Hall–Kier alpha value is -2.48. The maximum atomic E-state index is 14.1. The van der Waals surface area contributed by atoms with E-state index in [2.05, 4.69) is 13.0 Å². The van der Waals surface area contributed by atoms with E-state index in [0.29, 0.717) is 32.5 Å². The van der Waals surface area contributed by atoms with Gasteiger partial charge in [-0.15, -0.1) is 0 Å². The van der Waals surface area contributed by atoms with Crippen LogP contribution in [0, 0.1) is 11.6 Å². The van der Waals surface area contributed by atoms with E-state index < -0.39 is 17.5 Å². The van der Waals surface area contributed by atoms with E-state index in [1.807, 2.05) is 0 Å². The van der Waals surface area contributed by atoms with Gasteiger partial charge in [0.2, 0.25) is 0 Å². The van der Waals surface area contributed by atoms with E-state index in [4.69, 9.17) is 19.4 Å². The summed E-state index contributed by atoms with van der Waals surface area (Å²) < 4.78 is 38.6. The van der Waals surface area contributed by atoms with Gasteiger partial charge in [-0.2, -0.15) is 0 Å². The predicted molar refractivity (Wildman–Crippen MR) is 93.8 cm³/mol. The normalized spacial score (nSPS) is 18.2. The van der Waals surface area contributed by atoms with Gasteiger partial charge in [0.1, 0.15) is 11.3 Å². The number of carboxylic acid groups (broad SMARTS) is 1. The summed E-state index contributed by atoms with van der Waals surface area (Å²) in [5, 5.41) is 6.89. The van der Waals surface area contributed by atoms with Crippen LogP contribution in [0.15, 0.2) is 23.8 Å². The molecule has 1 aromatic carbocycles. The van der Waals surface area contributed by atoms with Gasteiger partial charge < -0.3 is 19.5 Å². The molecule has 8 heteroatoms. The Kier molecular flexibility index (Phi) is 6.90. The molecule has 1 aromatic rings. The molecule has 0 bridgehead atoms. The predicted octanol–water partition coefficient (Wildman–Crippen LogP) is 3.02. The third-order valence-corrected chi connectivity index (χ3v) is 4.78. The second kappa shape index (κ2) is 8.94. The first-order chi connectivity index (χ1) is 12.9. The second-order valence-corrected chi connectivity index (χ2v) is 6.49. The number of nitrogens with zero attached hydrogens (tertiary/aromatic N) is 1. The average Bonchev–Trinajstić information content (AvgIpc) is 2.64. The van der Waals surface area contributed by atoms with Gasteiger partial charge in [-0.25, -0.2) is 8.78 Å². The number of carbonyl (C=O) groups excluding carboxylic acids is 1. The van der Waals surface area contributed by atoms with Crippen molar-refractivity contribution in [2.45, 2.75) is 31.8 Å². The molecule has 1 saturated heterocycles. The number of hydrogen-bond donors (Lipinski definition) is 1. The topological polar surface area (TPSA) is 76.1 Å². The van der Waals surface area contributed by atoms with Crippen molar-refractivity contribution in [1.82, 2.24) is 4.90 Å². The van der Waals surface area contributed by atoms with Gasteiger partial charge in [-0.05, 0) is 38.3 Å². The molecule has 0 saturated carbocycles. The molecule has 148 valence electrons. The molecule has 1 spiro atoms. The average molecular weight is 383 g/mol. The van der Waals surface area contributed by atoms with Crippen LogP contribution in [0.1, 0.15) is 36.5 Å². The lowest BCUT2D eigenvalue weighted by Gasteiger charge is -2.42. The van der Waals surface area contributed by atoms with E-state index in [0.717, 1.165) is 12.5 Å². The van der Waals surface area contributed by atoms with Crippen molar-refractivity contribution in [2.24, 2.45) is 0 Å². The minimum Gasteiger partial charge on any atom is -0.496 e. The molecule has 6 nitrogen and oxygen atoms in total. The zero-order valence-electron chi connectivity index (χ0n) is 15.3. The van der Waals surface area contributed by atoms with Gasteiger partial charge in [-0.3, -0.25) is 9.59 Å². The van der Waals surface area contributed by atoms with E-state index >= 15 is 0 Å². The van der Waals surface area contributed by atoms with E-state index in [1.54, 1.807) is 0 Å². The van der Waals surface area contributed by atoms with Crippen LogP contribution in [0.25, 0.3) is 0 Å². The molecule has 1 amide bonds. The van der Waals surface area contributed by atoms with Crippen molar-refractivity contribution in [3.63, 3.8) is 0 Å².